The Morgan fingerprint density at radius 3 is 1.90 bits per heavy atom. The van der Waals surface area contributed by atoms with Crippen LogP contribution in [0.2, 0.25) is 0 Å². The summed E-state index contributed by atoms with van der Waals surface area (Å²) in [4.78, 5) is 32.0. The molecule has 0 fully saturated rings. The zero-order valence-corrected chi connectivity index (χ0v) is 15.4. The van der Waals surface area contributed by atoms with Crippen molar-refractivity contribution in [3.8, 4) is 22.8 Å². The minimum absolute atomic E-state index is 0.447. The van der Waals surface area contributed by atoms with Gasteiger partial charge in [0.25, 0.3) is 11.4 Å². The number of para-hydroxylation sites is 1. The number of ether oxygens (including phenoxy) is 1. The first-order chi connectivity index (χ1) is 14.3. The molecule has 3 aromatic rings. The molecule has 0 radical (unpaired) electrons. The normalized spacial score (nSPS) is 9.77. The molecular weight excluding hydrogens is 400 g/mol. The van der Waals surface area contributed by atoms with E-state index in [0.29, 0.717) is 12.1 Å². The van der Waals surface area contributed by atoms with Crippen molar-refractivity contribution >= 4 is 17.1 Å². The maximum Gasteiger partial charge on any atom is 0.324 e. The first-order valence-electron chi connectivity index (χ1n) is 8.10. The summed E-state index contributed by atoms with van der Waals surface area (Å²) in [6.07, 6.45) is 1.78. The number of hydrogen-bond acceptors (Lipinski definition) is 9. The third kappa shape index (κ3) is 5.01. The van der Waals surface area contributed by atoms with Crippen molar-refractivity contribution in [3.05, 3.63) is 91.1 Å². The van der Waals surface area contributed by atoms with Crippen LogP contribution in [0.15, 0.2) is 60.8 Å². The smallest absolute Gasteiger partial charge is 0.324 e. The Balaban J connectivity index is 0.000000215. The Bertz CT molecular complexity index is 1050. The van der Waals surface area contributed by atoms with Crippen molar-refractivity contribution < 1.29 is 24.6 Å². The van der Waals surface area contributed by atoms with Crippen LogP contribution in [0, 0.1) is 30.3 Å². The highest BCUT2D eigenvalue weighted by molar-refractivity contribution is 5.66. The zero-order valence-electron chi connectivity index (χ0n) is 15.4. The van der Waals surface area contributed by atoms with Gasteiger partial charge in [0, 0.05) is 11.8 Å². The molecule has 0 atom stereocenters. The van der Waals surface area contributed by atoms with Crippen molar-refractivity contribution in [3.63, 3.8) is 0 Å². The molecule has 12 heteroatoms. The van der Waals surface area contributed by atoms with Crippen molar-refractivity contribution in [2.75, 3.05) is 7.11 Å². The molecule has 12 nitrogen and oxygen atoms in total. The molecule has 0 aliphatic heterocycles. The van der Waals surface area contributed by atoms with Crippen LogP contribution in [0.25, 0.3) is 11.3 Å². The van der Waals surface area contributed by atoms with E-state index in [1.54, 1.807) is 13.3 Å². The number of aromatic nitrogens is 1. The summed E-state index contributed by atoms with van der Waals surface area (Å²) in [6.45, 7) is 0. The Kier molecular flexibility index (Phi) is 6.90. The third-order valence-electron chi connectivity index (χ3n) is 3.71. The summed E-state index contributed by atoms with van der Waals surface area (Å²) in [6, 6.07) is 14.6. The molecule has 30 heavy (non-hydrogen) atoms. The highest BCUT2D eigenvalue weighted by Gasteiger charge is 2.30. The van der Waals surface area contributed by atoms with E-state index in [1.165, 1.54) is 0 Å². The lowest BCUT2D eigenvalue weighted by Crippen LogP contribution is -1.97. The van der Waals surface area contributed by atoms with Crippen LogP contribution in [0.4, 0.5) is 17.1 Å². The molecule has 0 amide bonds. The Morgan fingerprint density at radius 1 is 0.867 bits per heavy atom. The molecule has 0 saturated heterocycles. The number of pyridine rings is 1. The number of aromatic hydroxyl groups is 1. The van der Waals surface area contributed by atoms with E-state index < -0.39 is 37.6 Å². The lowest BCUT2D eigenvalue weighted by molar-refractivity contribution is -0.404. The van der Waals surface area contributed by atoms with Gasteiger partial charge in [0.15, 0.2) is 0 Å². The van der Waals surface area contributed by atoms with Gasteiger partial charge >= 0.3 is 11.4 Å². The second kappa shape index (κ2) is 9.54. The van der Waals surface area contributed by atoms with Crippen LogP contribution >= 0.6 is 0 Å². The van der Waals surface area contributed by atoms with Gasteiger partial charge in [0.1, 0.15) is 5.75 Å². The van der Waals surface area contributed by atoms with Crippen LogP contribution in [-0.4, -0.2) is 32.0 Å². The Morgan fingerprint density at radius 2 is 1.43 bits per heavy atom. The van der Waals surface area contributed by atoms with Gasteiger partial charge in [-0.05, 0) is 24.3 Å². The van der Waals surface area contributed by atoms with Crippen molar-refractivity contribution in [2.45, 2.75) is 0 Å². The molecule has 0 bridgehead atoms. The molecule has 0 aliphatic carbocycles. The Hall–Kier alpha value is -4.61. The predicted molar refractivity (Wildman–Crippen MR) is 104 cm³/mol. The third-order valence-corrected chi connectivity index (χ3v) is 3.71. The van der Waals surface area contributed by atoms with Gasteiger partial charge in [0.2, 0.25) is 0 Å². The van der Waals surface area contributed by atoms with Crippen molar-refractivity contribution in [1.29, 1.82) is 0 Å². The van der Waals surface area contributed by atoms with E-state index in [-0.39, 0.29) is 0 Å². The monoisotopic (exact) mass is 414 g/mol. The molecule has 0 spiro atoms. The van der Waals surface area contributed by atoms with Crippen LogP contribution in [-0.2, 0) is 0 Å². The number of benzene rings is 2. The minimum Gasteiger partial charge on any atom is -0.497 e. The Labute approximate surface area is 168 Å². The zero-order chi connectivity index (χ0) is 22.3. The first-order valence-corrected chi connectivity index (χ1v) is 8.10. The lowest BCUT2D eigenvalue weighted by atomic mass is 10.1. The summed E-state index contributed by atoms with van der Waals surface area (Å²) in [5.74, 6) is -0.355. The molecule has 3 rings (SSSR count). The molecule has 0 saturated carbocycles. The summed E-state index contributed by atoms with van der Waals surface area (Å²) in [7, 11) is 1.67. The predicted octanol–water partition coefficient (Wildman–Crippen LogP) is 3.87. The number of nitro groups is 3. The molecule has 0 aliphatic rings. The quantitative estimate of drug-likeness (QED) is 0.480. The summed E-state index contributed by atoms with van der Waals surface area (Å²) < 4.78 is 5.26. The van der Waals surface area contributed by atoms with Crippen LogP contribution in [0.1, 0.15) is 0 Å². The van der Waals surface area contributed by atoms with Gasteiger partial charge in [-0.3, -0.25) is 35.3 Å². The molecule has 2 aromatic carbocycles. The number of phenolic OH excluding ortho intramolecular Hbond substituents is 1. The van der Waals surface area contributed by atoms with E-state index in [0.717, 1.165) is 17.0 Å². The lowest BCUT2D eigenvalue weighted by Gasteiger charge is -2.06. The summed E-state index contributed by atoms with van der Waals surface area (Å²) in [5, 5.41) is 40.2. The van der Waals surface area contributed by atoms with E-state index >= 15 is 0 Å². The fourth-order valence-corrected chi connectivity index (χ4v) is 2.35. The number of methoxy groups -OCH3 is 1. The van der Waals surface area contributed by atoms with Crippen LogP contribution in [0.3, 0.4) is 0 Å². The van der Waals surface area contributed by atoms with E-state index in [9.17, 15) is 30.3 Å². The number of hydrogen-bond donors (Lipinski definition) is 1. The van der Waals surface area contributed by atoms with Gasteiger partial charge in [-0.1, -0.05) is 18.2 Å². The SMILES string of the molecule is COc1ccccc1-c1ccccn1.O=[N+]([O-])c1cc([N+](=O)[O-])c(O)c([N+](=O)[O-])c1. The molecule has 0 unspecified atom stereocenters. The van der Waals surface area contributed by atoms with Gasteiger partial charge in [-0.2, -0.15) is 0 Å². The second-order valence-electron chi connectivity index (χ2n) is 5.52. The molecular formula is C18H14N4O8. The minimum atomic E-state index is -1.21. The van der Waals surface area contributed by atoms with E-state index in [2.05, 4.69) is 4.98 Å². The van der Waals surface area contributed by atoms with E-state index in [4.69, 9.17) is 9.84 Å². The topological polar surface area (TPSA) is 172 Å². The fourth-order valence-electron chi connectivity index (χ4n) is 2.35. The average molecular weight is 414 g/mol. The van der Waals surface area contributed by atoms with Gasteiger partial charge in [0.05, 0.1) is 39.7 Å². The summed E-state index contributed by atoms with van der Waals surface area (Å²) in [5.41, 5.74) is -1.04. The largest absolute Gasteiger partial charge is 0.497 e. The number of nitrogens with zero attached hydrogens (tertiary/aromatic N) is 4. The highest BCUT2D eigenvalue weighted by Crippen LogP contribution is 2.39. The van der Waals surface area contributed by atoms with Gasteiger partial charge < -0.3 is 9.84 Å². The number of nitro benzene ring substituents is 3. The van der Waals surface area contributed by atoms with Crippen LogP contribution in [0.5, 0.6) is 11.5 Å². The van der Waals surface area contributed by atoms with Gasteiger partial charge in [-0.25, -0.2) is 0 Å². The number of non-ortho nitro benzene ring substituents is 1. The maximum absolute atomic E-state index is 10.4. The molecule has 1 aromatic heterocycles. The fraction of sp³-hybridized carbons (Fsp3) is 0.0556. The molecule has 1 heterocycles. The number of phenols is 1. The second-order valence-corrected chi connectivity index (χ2v) is 5.52. The molecule has 1 N–H and O–H groups in total. The van der Waals surface area contributed by atoms with Gasteiger partial charge in [-0.15, -0.1) is 0 Å². The van der Waals surface area contributed by atoms with Crippen LogP contribution < -0.4 is 4.74 Å². The maximum atomic E-state index is 10.4. The van der Waals surface area contributed by atoms with Crippen molar-refractivity contribution in [2.24, 2.45) is 0 Å². The summed E-state index contributed by atoms with van der Waals surface area (Å²) >= 11 is 0. The number of rotatable bonds is 5. The average Bonchev–Trinajstić information content (AvgIpc) is 2.74. The molecule has 154 valence electrons. The van der Waals surface area contributed by atoms with Crippen molar-refractivity contribution in [1.82, 2.24) is 4.98 Å². The first kappa shape index (κ1) is 21.7. The van der Waals surface area contributed by atoms with E-state index in [1.807, 2.05) is 42.5 Å². The highest BCUT2D eigenvalue weighted by atomic mass is 16.6. The standard InChI is InChI=1S/C12H11NO.C6H3N3O7/c1-14-12-8-3-2-6-10(12)11-7-4-5-9-13-11;10-6-4(8(13)14)1-3(7(11)12)2-5(6)9(15)16/h2-9H,1H3;1-2,10H.